The molecule has 1 fully saturated rings. The topological polar surface area (TPSA) is 67.3 Å². The van der Waals surface area contributed by atoms with E-state index in [2.05, 4.69) is 44.5 Å². The summed E-state index contributed by atoms with van der Waals surface area (Å²) in [4.78, 5) is 25.4. The number of ether oxygens (including phenoxy) is 1. The van der Waals surface area contributed by atoms with E-state index in [0.717, 1.165) is 48.3 Å². The van der Waals surface area contributed by atoms with E-state index < -0.39 is 0 Å². The summed E-state index contributed by atoms with van der Waals surface area (Å²) in [6.07, 6.45) is 3.42. The van der Waals surface area contributed by atoms with Gasteiger partial charge in [-0.3, -0.25) is 9.69 Å². The number of amides is 1. The molecule has 1 N–H and O–H groups in total. The number of carbonyl (C=O) groups is 1. The summed E-state index contributed by atoms with van der Waals surface area (Å²) in [5, 5.41) is 4.08. The zero-order valence-electron chi connectivity index (χ0n) is 16.9. The fourth-order valence-electron chi connectivity index (χ4n) is 3.83. The average molecular weight is 411 g/mol. The van der Waals surface area contributed by atoms with Crippen LogP contribution in [0.3, 0.4) is 0 Å². The minimum atomic E-state index is -0.0190. The Labute approximate surface area is 174 Å². The van der Waals surface area contributed by atoms with Crippen LogP contribution in [0.1, 0.15) is 40.6 Å². The highest BCUT2D eigenvalue weighted by atomic mass is 32.1. The molecule has 29 heavy (non-hydrogen) atoms. The van der Waals surface area contributed by atoms with Crippen LogP contribution in [-0.2, 0) is 6.54 Å². The molecule has 0 saturated carbocycles. The van der Waals surface area contributed by atoms with Gasteiger partial charge in [0.05, 0.1) is 16.9 Å². The predicted molar refractivity (Wildman–Crippen MR) is 116 cm³/mol. The van der Waals surface area contributed by atoms with Gasteiger partial charge in [0.25, 0.3) is 5.91 Å². The molecule has 1 aromatic carbocycles. The van der Waals surface area contributed by atoms with Crippen molar-refractivity contribution in [3.8, 4) is 5.88 Å². The number of nitrogens with zero attached hydrogens (tertiary/aromatic N) is 3. The molecular weight excluding hydrogens is 384 g/mol. The summed E-state index contributed by atoms with van der Waals surface area (Å²) in [6.45, 7) is 7.35. The first-order valence-corrected chi connectivity index (χ1v) is 10.9. The molecule has 1 saturated heterocycles. The van der Waals surface area contributed by atoms with Crippen molar-refractivity contribution in [3.05, 3.63) is 52.7 Å². The molecule has 1 aliphatic heterocycles. The molecule has 1 aliphatic rings. The second-order valence-corrected chi connectivity index (χ2v) is 8.36. The van der Waals surface area contributed by atoms with Gasteiger partial charge < -0.3 is 10.1 Å². The number of hydrogen-bond donors (Lipinski definition) is 1. The van der Waals surface area contributed by atoms with Gasteiger partial charge in [0.2, 0.25) is 5.88 Å². The molecule has 2 aromatic heterocycles. The van der Waals surface area contributed by atoms with Crippen molar-refractivity contribution >= 4 is 27.5 Å². The Hall–Kier alpha value is -2.51. The number of hydrogen-bond acceptors (Lipinski definition) is 6. The van der Waals surface area contributed by atoms with E-state index in [1.807, 2.05) is 19.9 Å². The molecule has 1 amide bonds. The monoisotopic (exact) mass is 410 g/mol. The number of aromatic nitrogens is 2. The largest absolute Gasteiger partial charge is 0.477 e. The maximum absolute atomic E-state index is 12.9. The van der Waals surface area contributed by atoms with Gasteiger partial charge in [-0.1, -0.05) is 30.3 Å². The molecule has 152 valence electrons. The van der Waals surface area contributed by atoms with Crippen LogP contribution in [-0.4, -0.2) is 46.5 Å². The van der Waals surface area contributed by atoms with Crippen LogP contribution in [0.5, 0.6) is 5.88 Å². The van der Waals surface area contributed by atoms with Gasteiger partial charge in [-0.05, 0) is 37.8 Å². The lowest BCUT2D eigenvalue weighted by Crippen LogP contribution is -2.44. The van der Waals surface area contributed by atoms with Gasteiger partial charge in [0.15, 0.2) is 0 Å². The van der Waals surface area contributed by atoms with Crippen LogP contribution in [0.25, 0.3) is 10.2 Å². The molecule has 0 bridgehead atoms. The first-order valence-electron chi connectivity index (χ1n) is 10.1. The summed E-state index contributed by atoms with van der Waals surface area (Å²) in [5.41, 5.74) is 2.23. The molecule has 0 unspecified atom stereocenters. The standard InChI is InChI=1S/C22H26N4O2S/c1-3-28-21-18-15(2)19(29-22(18)24-14-23-21)20(27)25-17-9-11-26(12-10-17)13-16-7-5-4-6-8-16/h4-8,14,17H,3,9-13H2,1-2H3,(H,25,27). The van der Waals surface area contributed by atoms with Gasteiger partial charge in [-0.25, -0.2) is 9.97 Å². The maximum atomic E-state index is 12.9. The van der Waals surface area contributed by atoms with Crippen LogP contribution in [0.15, 0.2) is 36.7 Å². The lowest BCUT2D eigenvalue weighted by atomic mass is 10.0. The van der Waals surface area contributed by atoms with Gasteiger partial charge in [-0.15, -0.1) is 11.3 Å². The summed E-state index contributed by atoms with van der Waals surface area (Å²) >= 11 is 1.41. The van der Waals surface area contributed by atoms with E-state index in [-0.39, 0.29) is 11.9 Å². The van der Waals surface area contributed by atoms with Gasteiger partial charge in [0, 0.05) is 25.7 Å². The van der Waals surface area contributed by atoms with Crippen molar-refractivity contribution < 1.29 is 9.53 Å². The minimum Gasteiger partial charge on any atom is -0.477 e. The van der Waals surface area contributed by atoms with E-state index in [1.165, 1.54) is 23.2 Å². The van der Waals surface area contributed by atoms with E-state index >= 15 is 0 Å². The lowest BCUT2D eigenvalue weighted by molar-refractivity contribution is 0.0912. The van der Waals surface area contributed by atoms with Crippen LogP contribution in [0.4, 0.5) is 0 Å². The number of likely N-dealkylation sites (tertiary alicyclic amines) is 1. The van der Waals surface area contributed by atoms with E-state index in [1.54, 1.807) is 0 Å². The number of aryl methyl sites for hydroxylation is 1. The summed E-state index contributed by atoms with van der Waals surface area (Å²) in [7, 11) is 0. The van der Waals surface area contributed by atoms with E-state index in [0.29, 0.717) is 17.4 Å². The molecule has 4 rings (SSSR count). The molecule has 0 aliphatic carbocycles. The highest BCUT2D eigenvalue weighted by molar-refractivity contribution is 7.20. The third kappa shape index (κ3) is 4.41. The number of rotatable bonds is 6. The number of carbonyl (C=O) groups excluding carboxylic acids is 1. The predicted octanol–water partition coefficient (Wildman–Crippen LogP) is 3.79. The minimum absolute atomic E-state index is 0.0190. The Balaban J connectivity index is 1.39. The third-order valence-electron chi connectivity index (χ3n) is 5.35. The molecule has 0 radical (unpaired) electrons. The second-order valence-electron chi connectivity index (χ2n) is 7.36. The second kappa shape index (κ2) is 8.88. The van der Waals surface area contributed by atoms with Crippen molar-refractivity contribution in [2.45, 2.75) is 39.3 Å². The lowest BCUT2D eigenvalue weighted by Gasteiger charge is -2.32. The zero-order valence-corrected chi connectivity index (χ0v) is 17.7. The molecule has 6 nitrogen and oxygen atoms in total. The molecule has 3 heterocycles. The first kappa shape index (κ1) is 19.8. The van der Waals surface area contributed by atoms with Gasteiger partial charge >= 0.3 is 0 Å². The zero-order chi connectivity index (χ0) is 20.2. The Morgan fingerprint density at radius 2 is 2.00 bits per heavy atom. The highest BCUT2D eigenvalue weighted by Gasteiger charge is 2.24. The normalized spacial score (nSPS) is 15.5. The maximum Gasteiger partial charge on any atom is 0.261 e. The molecule has 0 spiro atoms. The number of benzene rings is 1. The highest BCUT2D eigenvalue weighted by Crippen LogP contribution is 2.34. The van der Waals surface area contributed by atoms with Crippen molar-refractivity contribution in [1.82, 2.24) is 20.2 Å². The fraction of sp³-hybridized carbons (Fsp3) is 0.409. The van der Waals surface area contributed by atoms with Crippen molar-refractivity contribution in [2.75, 3.05) is 19.7 Å². The Bertz CT molecular complexity index is 981. The van der Waals surface area contributed by atoms with Gasteiger partial charge in [0.1, 0.15) is 11.2 Å². The van der Waals surface area contributed by atoms with E-state index in [4.69, 9.17) is 4.74 Å². The molecule has 0 atom stereocenters. The third-order valence-corrected chi connectivity index (χ3v) is 6.55. The molecule has 7 heteroatoms. The summed E-state index contributed by atoms with van der Waals surface area (Å²) < 4.78 is 5.62. The summed E-state index contributed by atoms with van der Waals surface area (Å²) in [5.74, 6) is 0.536. The molecule has 3 aromatic rings. The average Bonchev–Trinajstić information content (AvgIpc) is 3.08. The van der Waals surface area contributed by atoms with E-state index in [9.17, 15) is 4.79 Å². The number of fused-ring (bicyclic) bond motifs is 1. The number of piperidine rings is 1. The van der Waals surface area contributed by atoms with Crippen LogP contribution < -0.4 is 10.1 Å². The van der Waals surface area contributed by atoms with Gasteiger partial charge in [-0.2, -0.15) is 0 Å². The smallest absolute Gasteiger partial charge is 0.261 e. The first-order chi connectivity index (χ1) is 14.2. The van der Waals surface area contributed by atoms with Crippen molar-refractivity contribution in [3.63, 3.8) is 0 Å². The Kier molecular flexibility index (Phi) is 6.06. The van der Waals surface area contributed by atoms with Crippen LogP contribution in [0.2, 0.25) is 0 Å². The van der Waals surface area contributed by atoms with Crippen molar-refractivity contribution in [2.24, 2.45) is 0 Å². The van der Waals surface area contributed by atoms with Crippen LogP contribution in [0, 0.1) is 6.92 Å². The fourth-order valence-corrected chi connectivity index (χ4v) is 4.87. The van der Waals surface area contributed by atoms with Crippen LogP contribution >= 0.6 is 11.3 Å². The summed E-state index contributed by atoms with van der Waals surface area (Å²) in [6, 6.07) is 10.7. The quantitative estimate of drug-likeness (QED) is 0.670. The molecular formula is C22H26N4O2S. The Morgan fingerprint density at radius 1 is 1.24 bits per heavy atom. The number of thiophene rings is 1. The van der Waals surface area contributed by atoms with Crippen molar-refractivity contribution in [1.29, 1.82) is 0 Å². The Morgan fingerprint density at radius 3 is 2.72 bits per heavy atom. The number of nitrogens with one attached hydrogen (secondary N) is 1. The SMILES string of the molecule is CCOc1ncnc2sc(C(=O)NC3CCN(Cc4ccccc4)CC3)c(C)c12.